The van der Waals surface area contributed by atoms with Gasteiger partial charge in [-0.3, -0.25) is 5.41 Å². The molecule has 1 aromatic heterocycles. The molecule has 56 heavy (non-hydrogen) atoms. The molecule has 0 aliphatic rings. The number of rotatable bonds is 6. The van der Waals surface area contributed by atoms with Gasteiger partial charge < -0.3 is 14.9 Å². The number of aromatic nitrogens is 1. The molecule has 2 N–H and O–H groups in total. The van der Waals surface area contributed by atoms with E-state index in [1.807, 2.05) is 81.6 Å². The molecule has 9 rings (SSSR count). The molecule has 4 heteroatoms. The van der Waals surface area contributed by atoms with Crippen molar-refractivity contribution in [1.82, 2.24) is 4.57 Å². The SMILES string of the molecule is C=NC.CC.CNc1c(-c2ccccc2)cc2ccccc2c1-c1ccc2c3ccccc3n(-c3ccccc3)c2c1.N=C(c1ccccc1)c1ccccc1. The first kappa shape index (κ1) is 38.7. The Bertz CT molecular complexity index is 2620. The maximum atomic E-state index is 7.97. The van der Waals surface area contributed by atoms with Gasteiger partial charge in [0.15, 0.2) is 0 Å². The highest BCUT2D eigenvalue weighted by atomic mass is 15.0. The molecule has 0 fully saturated rings. The number of benzene rings is 8. The topological polar surface area (TPSA) is 53.2 Å². The fourth-order valence-electron chi connectivity index (χ4n) is 7.11. The Morgan fingerprint density at radius 3 is 1.61 bits per heavy atom. The van der Waals surface area contributed by atoms with E-state index in [1.54, 1.807) is 7.05 Å². The number of anilines is 1. The summed E-state index contributed by atoms with van der Waals surface area (Å²) in [4.78, 5) is 3.25. The zero-order chi connectivity index (χ0) is 39.3. The van der Waals surface area contributed by atoms with Crippen molar-refractivity contribution in [3.8, 4) is 27.9 Å². The number of fused-ring (bicyclic) bond motifs is 4. The lowest BCUT2D eigenvalue weighted by Gasteiger charge is -2.19. The van der Waals surface area contributed by atoms with Crippen molar-refractivity contribution in [3.63, 3.8) is 0 Å². The van der Waals surface area contributed by atoms with Crippen LogP contribution in [-0.4, -0.2) is 31.1 Å². The van der Waals surface area contributed by atoms with Crippen LogP contribution in [0.5, 0.6) is 0 Å². The van der Waals surface area contributed by atoms with Gasteiger partial charge in [0.05, 0.1) is 22.4 Å². The van der Waals surface area contributed by atoms with Crippen LogP contribution in [0.15, 0.2) is 199 Å². The van der Waals surface area contributed by atoms with E-state index in [9.17, 15) is 0 Å². The van der Waals surface area contributed by atoms with Gasteiger partial charge in [0.1, 0.15) is 0 Å². The standard InChI is InChI=1S/C35H26N2.C13H11N.C2H5N.C2H6/c1-36-35-31(24-12-4-2-5-13-24)22-25-14-8-9-17-28(25)34(35)26-20-21-30-29-18-10-11-19-32(29)37(33(30)23-26)27-15-6-3-7-16-27;14-13(11-7-3-1-4-8-11)12-9-5-2-6-10-12;1-3-2;1-2/h2-23,36H,1H3;1-10,14H;1H2,2H3;1-2H3. The molecule has 9 aromatic rings. The maximum Gasteiger partial charge on any atom is 0.0684 e. The Balaban J connectivity index is 0.000000233. The monoisotopic (exact) mass is 728 g/mol. The summed E-state index contributed by atoms with van der Waals surface area (Å²) in [6, 6.07) is 67.5. The quantitative estimate of drug-likeness (QED) is 0.165. The van der Waals surface area contributed by atoms with Crippen LogP contribution in [0.3, 0.4) is 0 Å². The Labute approximate surface area is 331 Å². The molecule has 0 saturated heterocycles. The molecular formula is C52H48N4. The molecular weight excluding hydrogens is 681 g/mol. The molecule has 0 aliphatic carbocycles. The van der Waals surface area contributed by atoms with Crippen molar-refractivity contribution in [2.24, 2.45) is 4.99 Å². The van der Waals surface area contributed by atoms with Gasteiger partial charge in [-0.15, -0.1) is 0 Å². The van der Waals surface area contributed by atoms with E-state index in [-0.39, 0.29) is 0 Å². The van der Waals surface area contributed by atoms with E-state index in [0.29, 0.717) is 5.71 Å². The van der Waals surface area contributed by atoms with Crippen LogP contribution in [0.25, 0.3) is 60.5 Å². The fourth-order valence-corrected chi connectivity index (χ4v) is 7.11. The zero-order valence-corrected chi connectivity index (χ0v) is 32.6. The summed E-state index contributed by atoms with van der Waals surface area (Å²) < 4.78 is 2.39. The summed E-state index contributed by atoms with van der Waals surface area (Å²) in [6.07, 6.45) is 0. The molecule has 0 spiro atoms. The Hall–Kier alpha value is -7.04. The second-order valence-corrected chi connectivity index (χ2v) is 12.9. The molecule has 0 saturated carbocycles. The van der Waals surface area contributed by atoms with Gasteiger partial charge in [-0.25, -0.2) is 0 Å². The third-order valence-corrected chi connectivity index (χ3v) is 9.49. The van der Waals surface area contributed by atoms with Crippen molar-refractivity contribution >= 4 is 50.7 Å². The van der Waals surface area contributed by atoms with Crippen LogP contribution in [-0.2, 0) is 0 Å². The zero-order valence-electron chi connectivity index (χ0n) is 32.6. The molecule has 1 heterocycles. The van der Waals surface area contributed by atoms with Crippen LogP contribution >= 0.6 is 0 Å². The van der Waals surface area contributed by atoms with Gasteiger partial charge >= 0.3 is 0 Å². The van der Waals surface area contributed by atoms with Crippen molar-refractivity contribution in [1.29, 1.82) is 5.41 Å². The smallest absolute Gasteiger partial charge is 0.0684 e. The van der Waals surface area contributed by atoms with Crippen LogP contribution in [0, 0.1) is 5.41 Å². The normalized spacial score (nSPS) is 10.3. The van der Waals surface area contributed by atoms with Crippen molar-refractivity contribution in [2.75, 3.05) is 19.4 Å². The summed E-state index contributed by atoms with van der Waals surface area (Å²) >= 11 is 0. The lowest BCUT2D eigenvalue weighted by molar-refractivity contribution is 1.18. The van der Waals surface area contributed by atoms with E-state index >= 15 is 0 Å². The van der Waals surface area contributed by atoms with E-state index in [0.717, 1.165) is 16.8 Å². The average molecular weight is 729 g/mol. The predicted octanol–water partition coefficient (Wildman–Crippen LogP) is 13.8. The highest BCUT2D eigenvalue weighted by Crippen LogP contribution is 2.44. The van der Waals surface area contributed by atoms with E-state index in [4.69, 9.17) is 5.41 Å². The first-order chi connectivity index (χ1) is 27.6. The van der Waals surface area contributed by atoms with E-state index in [2.05, 4.69) is 155 Å². The van der Waals surface area contributed by atoms with Gasteiger partial charge in [-0.05, 0) is 70.1 Å². The minimum Gasteiger partial charge on any atom is -0.387 e. The molecule has 0 amide bonds. The Kier molecular flexibility index (Phi) is 13.0. The van der Waals surface area contributed by atoms with Gasteiger partial charge in [-0.1, -0.05) is 178 Å². The van der Waals surface area contributed by atoms with E-state index < -0.39 is 0 Å². The third kappa shape index (κ3) is 8.20. The minimum atomic E-state index is 0.575. The average Bonchev–Trinajstić information content (AvgIpc) is 3.61. The van der Waals surface area contributed by atoms with Crippen LogP contribution in [0.2, 0.25) is 0 Å². The minimum absolute atomic E-state index is 0.575. The van der Waals surface area contributed by atoms with Gasteiger partial charge in [0.2, 0.25) is 0 Å². The summed E-state index contributed by atoms with van der Waals surface area (Å²) in [5.41, 5.74) is 12.1. The molecule has 8 aromatic carbocycles. The number of aliphatic imine (C=N–C) groups is 1. The van der Waals surface area contributed by atoms with Crippen LogP contribution < -0.4 is 5.32 Å². The predicted molar refractivity (Wildman–Crippen MR) is 244 cm³/mol. The lowest BCUT2D eigenvalue weighted by atomic mass is 9.90. The number of para-hydroxylation sites is 2. The molecule has 0 aliphatic heterocycles. The first-order valence-corrected chi connectivity index (χ1v) is 19.0. The Morgan fingerprint density at radius 1 is 0.536 bits per heavy atom. The summed E-state index contributed by atoms with van der Waals surface area (Å²) in [6.45, 7) is 7.11. The fraction of sp³-hybridized carbons (Fsp3) is 0.0769. The van der Waals surface area contributed by atoms with Gasteiger partial charge in [0, 0.05) is 41.7 Å². The largest absolute Gasteiger partial charge is 0.387 e. The first-order valence-electron chi connectivity index (χ1n) is 19.0. The van der Waals surface area contributed by atoms with Crippen molar-refractivity contribution < 1.29 is 0 Å². The molecule has 276 valence electrons. The number of nitrogens with one attached hydrogen (secondary N) is 2. The van der Waals surface area contributed by atoms with E-state index in [1.165, 1.54) is 60.5 Å². The summed E-state index contributed by atoms with van der Waals surface area (Å²) in [7, 11) is 3.67. The number of hydrogen-bond acceptors (Lipinski definition) is 3. The van der Waals surface area contributed by atoms with Crippen molar-refractivity contribution in [2.45, 2.75) is 13.8 Å². The van der Waals surface area contributed by atoms with Gasteiger partial charge in [0.25, 0.3) is 0 Å². The lowest BCUT2D eigenvalue weighted by Crippen LogP contribution is -1.99. The summed E-state index contributed by atoms with van der Waals surface area (Å²) in [5, 5.41) is 16.5. The summed E-state index contributed by atoms with van der Waals surface area (Å²) in [5.74, 6) is 0. The third-order valence-electron chi connectivity index (χ3n) is 9.49. The van der Waals surface area contributed by atoms with Crippen molar-refractivity contribution in [3.05, 3.63) is 205 Å². The molecule has 0 unspecified atom stereocenters. The Morgan fingerprint density at radius 2 is 1.02 bits per heavy atom. The number of hydrogen-bond donors (Lipinski definition) is 2. The molecule has 4 nitrogen and oxygen atoms in total. The molecule has 0 atom stereocenters. The highest BCUT2D eigenvalue weighted by molar-refractivity contribution is 6.13. The van der Waals surface area contributed by atoms with Gasteiger partial charge in [-0.2, -0.15) is 0 Å². The highest BCUT2D eigenvalue weighted by Gasteiger charge is 2.18. The number of nitrogens with zero attached hydrogens (tertiary/aromatic N) is 2. The molecule has 0 radical (unpaired) electrons. The van der Waals surface area contributed by atoms with Crippen LogP contribution in [0.4, 0.5) is 5.69 Å². The molecule has 0 bridgehead atoms. The maximum absolute atomic E-state index is 7.97. The van der Waals surface area contributed by atoms with Crippen LogP contribution in [0.1, 0.15) is 25.0 Å². The second kappa shape index (κ2) is 18.8. The second-order valence-electron chi connectivity index (χ2n) is 12.9.